The number of methoxy groups -OCH3 is 1. The predicted octanol–water partition coefficient (Wildman–Crippen LogP) is 4.84. The summed E-state index contributed by atoms with van der Waals surface area (Å²) in [6.07, 6.45) is 0.677. The third kappa shape index (κ3) is 5.49. The van der Waals surface area contributed by atoms with Crippen LogP contribution in [0, 0.1) is 33.8 Å². The number of fused-ring (bicyclic) bond motifs is 5. The largest absolute Gasteiger partial charge is 0.497 e. The van der Waals surface area contributed by atoms with Crippen molar-refractivity contribution in [3.8, 4) is 11.5 Å². The summed E-state index contributed by atoms with van der Waals surface area (Å²) in [4.78, 5) is 78.0. The average molecular weight is 755 g/mol. The number of carbonyl (C=O) groups excluding carboxylic acids is 5. The summed E-state index contributed by atoms with van der Waals surface area (Å²) in [6, 6.07) is 16.7. The number of amides is 3. The molecule has 2 bridgehead atoms. The van der Waals surface area contributed by atoms with Gasteiger partial charge in [-0.05, 0) is 72.9 Å². The maximum absolute atomic E-state index is 13.8. The lowest BCUT2D eigenvalue weighted by molar-refractivity contribution is -0.384. The SMILES string of the molecule is COc1cccc(C(=O)Oc2ccc(C(=O)CN(C(=O)c3ccc([N+](=O)[O-])cc3)N3C(=O)[C@@H]4[C@H]5C[C@@H]([C@H](Br)[C@@H]5Br)[C@@H]4C3=O)cc2)c1. The summed E-state index contributed by atoms with van der Waals surface area (Å²) in [7, 11) is 1.48. The number of non-ortho nitro benzene ring substituents is 1. The second-order valence-electron chi connectivity index (χ2n) is 11.2. The molecule has 0 spiro atoms. The standard InChI is InChI=1S/C32H25Br2N3O9/c1-45-21-4-2-3-18(13-21)32(42)46-20-11-7-16(8-12-20)24(38)15-35(29(39)17-5-9-19(10-6-17)37(43)44)36-30(40)25-22-14-23(26(25)31(36)41)28(34)27(22)33/h2-13,22-23,25-28H,14-15H2,1H3/t22-,23-,25-,26+,27-,28+/m1/s1. The van der Waals surface area contributed by atoms with Crippen molar-refractivity contribution < 1.29 is 38.4 Å². The second kappa shape index (κ2) is 12.4. The van der Waals surface area contributed by atoms with Gasteiger partial charge in [-0.2, -0.15) is 5.01 Å². The van der Waals surface area contributed by atoms with E-state index in [4.69, 9.17) is 9.47 Å². The molecule has 1 heterocycles. The number of Topliss-reactive ketones (excluding diaryl/α,β-unsaturated/α-hetero) is 1. The summed E-state index contributed by atoms with van der Waals surface area (Å²) >= 11 is 7.28. The first-order valence-corrected chi connectivity index (χ1v) is 16.0. The van der Waals surface area contributed by atoms with E-state index in [9.17, 15) is 34.1 Å². The maximum atomic E-state index is 13.8. The number of hydrogen-bond donors (Lipinski definition) is 0. The first-order valence-electron chi connectivity index (χ1n) is 14.2. The first-order chi connectivity index (χ1) is 22.0. The molecule has 0 unspecified atom stereocenters. The number of ether oxygens (including phenoxy) is 2. The normalized spacial score (nSPS) is 24.5. The van der Waals surface area contributed by atoms with Gasteiger partial charge in [0, 0.05) is 32.9 Å². The van der Waals surface area contributed by atoms with E-state index in [0.717, 1.165) is 22.2 Å². The molecule has 2 aliphatic carbocycles. The van der Waals surface area contributed by atoms with Crippen LogP contribution in [-0.2, 0) is 9.59 Å². The van der Waals surface area contributed by atoms with Gasteiger partial charge in [0.1, 0.15) is 18.0 Å². The Morgan fingerprint density at radius 2 is 1.46 bits per heavy atom. The van der Waals surface area contributed by atoms with Gasteiger partial charge >= 0.3 is 5.97 Å². The summed E-state index contributed by atoms with van der Waals surface area (Å²) < 4.78 is 10.5. The van der Waals surface area contributed by atoms with E-state index in [2.05, 4.69) is 31.9 Å². The van der Waals surface area contributed by atoms with Crippen molar-refractivity contribution in [3.63, 3.8) is 0 Å². The molecule has 1 aliphatic heterocycles. The van der Waals surface area contributed by atoms with Gasteiger partial charge in [-0.3, -0.25) is 29.3 Å². The van der Waals surface area contributed by atoms with Crippen LogP contribution in [0.3, 0.4) is 0 Å². The van der Waals surface area contributed by atoms with Gasteiger partial charge in [0.25, 0.3) is 23.4 Å². The highest BCUT2D eigenvalue weighted by atomic mass is 79.9. The zero-order valence-corrected chi connectivity index (χ0v) is 27.3. The minimum Gasteiger partial charge on any atom is -0.497 e. The van der Waals surface area contributed by atoms with Crippen LogP contribution in [0.4, 0.5) is 5.69 Å². The third-order valence-corrected chi connectivity index (χ3v) is 12.0. The summed E-state index contributed by atoms with van der Waals surface area (Å²) in [6.45, 7) is -0.666. The molecule has 12 nitrogen and oxygen atoms in total. The number of imide groups is 1. The summed E-state index contributed by atoms with van der Waals surface area (Å²) in [5.74, 6) is -4.10. The van der Waals surface area contributed by atoms with Crippen LogP contribution in [-0.4, -0.2) is 67.7 Å². The lowest BCUT2D eigenvalue weighted by Crippen LogP contribution is -2.52. The maximum Gasteiger partial charge on any atom is 0.343 e. The van der Waals surface area contributed by atoms with E-state index in [0.29, 0.717) is 12.2 Å². The molecular weight excluding hydrogens is 730 g/mol. The fourth-order valence-corrected chi connectivity index (χ4v) is 8.40. The lowest BCUT2D eigenvalue weighted by Gasteiger charge is -2.30. The topological polar surface area (TPSA) is 153 Å². The van der Waals surface area contributed by atoms with E-state index in [1.54, 1.807) is 18.2 Å². The van der Waals surface area contributed by atoms with Crippen LogP contribution in [0.5, 0.6) is 11.5 Å². The van der Waals surface area contributed by atoms with Gasteiger partial charge in [0.2, 0.25) is 0 Å². The Kier molecular flexibility index (Phi) is 8.51. The number of ketones is 1. The molecule has 3 aromatic rings. The molecule has 14 heteroatoms. The van der Waals surface area contributed by atoms with Crippen molar-refractivity contribution in [1.82, 2.24) is 10.0 Å². The molecule has 2 saturated carbocycles. The Morgan fingerprint density at radius 1 is 0.870 bits per heavy atom. The fourth-order valence-electron chi connectivity index (χ4n) is 6.53. The Labute approximate surface area is 279 Å². The van der Waals surface area contributed by atoms with Crippen molar-refractivity contribution in [2.45, 2.75) is 16.1 Å². The smallest absolute Gasteiger partial charge is 0.343 e. The van der Waals surface area contributed by atoms with Crippen molar-refractivity contribution in [3.05, 3.63) is 99.6 Å². The fraction of sp³-hybridized carbons (Fsp3) is 0.281. The van der Waals surface area contributed by atoms with Gasteiger partial charge in [0.15, 0.2) is 5.78 Å². The van der Waals surface area contributed by atoms with Gasteiger partial charge in [-0.15, -0.1) is 0 Å². The van der Waals surface area contributed by atoms with E-state index < -0.39 is 52.8 Å². The Bertz CT molecular complexity index is 1730. The zero-order valence-electron chi connectivity index (χ0n) is 24.1. The van der Waals surface area contributed by atoms with Crippen LogP contribution in [0.1, 0.15) is 37.5 Å². The van der Waals surface area contributed by atoms with Crippen molar-refractivity contribution in [2.75, 3.05) is 13.7 Å². The predicted molar refractivity (Wildman–Crippen MR) is 169 cm³/mol. The average Bonchev–Trinajstić information content (AvgIpc) is 3.68. The van der Waals surface area contributed by atoms with E-state index in [1.807, 2.05) is 0 Å². The number of nitro groups is 1. The van der Waals surface area contributed by atoms with Gasteiger partial charge < -0.3 is 9.47 Å². The molecule has 3 aliphatic rings. The molecular formula is C32H25Br2N3O9. The number of nitro benzene ring substituents is 1. The van der Waals surface area contributed by atoms with Crippen molar-refractivity contribution in [1.29, 1.82) is 0 Å². The van der Waals surface area contributed by atoms with Gasteiger partial charge in [-0.1, -0.05) is 37.9 Å². The molecule has 6 atom stereocenters. The minimum absolute atomic E-state index is 0.0348. The van der Waals surface area contributed by atoms with Crippen LogP contribution in [0.2, 0.25) is 0 Å². The Balaban J connectivity index is 1.25. The quantitative estimate of drug-likeness (QED) is 0.0568. The number of benzene rings is 3. The molecule has 3 aromatic carbocycles. The number of nitrogens with zero attached hydrogens (tertiary/aromatic N) is 3. The van der Waals surface area contributed by atoms with Crippen molar-refractivity contribution in [2.24, 2.45) is 23.7 Å². The molecule has 0 N–H and O–H groups in total. The molecule has 236 valence electrons. The number of halogens is 2. The molecule has 0 radical (unpaired) electrons. The Hall–Kier alpha value is -4.43. The second-order valence-corrected chi connectivity index (χ2v) is 13.3. The number of esters is 1. The van der Waals surface area contributed by atoms with Crippen LogP contribution in [0.15, 0.2) is 72.8 Å². The van der Waals surface area contributed by atoms with Gasteiger partial charge in [0.05, 0.1) is 29.4 Å². The number of hydrogen-bond acceptors (Lipinski definition) is 9. The number of rotatable bonds is 9. The highest BCUT2D eigenvalue weighted by Crippen LogP contribution is 2.60. The van der Waals surface area contributed by atoms with Gasteiger partial charge in [-0.25, -0.2) is 9.80 Å². The minimum atomic E-state index is -0.841. The van der Waals surface area contributed by atoms with Crippen LogP contribution >= 0.6 is 31.9 Å². The first kappa shape index (κ1) is 31.5. The molecule has 6 rings (SSSR count). The summed E-state index contributed by atoms with van der Waals surface area (Å²) in [5.41, 5.74) is 0.0895. The zero-order chi connectivity index (χ0) is 32.9. The molecule has 3 fully saturated rings. The lowest BCUT2D eigenvalue weighted by atomic mass is 9.81. The monoisotopic (exact) mass is 753 g/mol. The molecule has 0 aromatic heterocycles. The highest BCUT2D eigenvalue weighted by molar-refractivity contribution is 9.12. The van der Waals surface area contributed by atoms with Crippen molar-refractivity contribution >= 4 is 67.0 Å². The molecule has 3 amide bonds. The van der Waals surface area contributed by atoms with E-state index >= 15 is 0 Å². The Morgan fingerprint density at radius 3 is 2.02 bits per heavy atom. The number of hydrazine groups is 1. The molecule has 46 heavy (non-hydrogen) atoms. The van der Waals surface area contributed by atoms with E-state index in [1.165, 1.54) is 49.6 Å². The number of carbonyl (C=O) groups is 5. The van der Waals surface area contributed by atoms with Crippen LogP contribution in [0.25, 0.3) is 0 Å². The van der Waals surface area contributed by atoms with E-state index in [-0.39, 0.29) is 49.6 Å². The highest BCUT2D eigenvalue weighted by Gasteiger charge is 2.67. The number of alkyl halides is 2. The third-order valence-electron chi connectivity index (χ3n) is 8.75. The van der Waals surface area contributed by atoms with Crippen LogP contribution < -0.4 is 9.47 Å². The molecule has 1 saturated heterocycles. The summed E-state index contributed by atoms with van der Waals surface area (Å²) in [5, 5.41) is 12.8.